The van der Waals surface area contributed by atoms with Crippen molar-refractivity contribution in [3.63, 3.8) is 0 Å². The molecular formula is C15H18N2O3S. The van der Waals surface area contributed by atoms with Crippen LogP contribution in [0.2, 0.25) is 0 Å². The van der Waals surface area contributed by atoms with Gasteiger partial charge in [-0.3, -0.25) is 9.59 Å². The Labute approximate surface area is 127 Å². The maximum atomic E-state index is 12.6. The minimum absolute atomic E-state index is 0.0181. The van der Waals surface area contributed by atoms with Gasteiger partial charge in [-0.1, -0.05) is 11.1 Å². The molecule has 2 saturated carbocycles. The zero-order valence-electron chi connectivity index (χ0n) is 12.0. The van der Waals surface area contributed by atoms with Gasteiger partial charge in [0.2, 0.25) is 5.91 Å². The summed E-state index contributed by atoms with van der Waals surface area (Å²) in [4.78, 5) is 28.3. The molecule has 2 N–H and O–H groups in total. The molecule has 2 aliphatic rings. The number of anilines is 1. The molecule has 0 aromatic carbocycles. The fourth-order valence-corrected chi connectivity index (χ4v) is 4.61. The average molecular weight is 306 g/mol. The van der Waals surface area contributed by atoms with Gasteiger partial charge in [-0.2, -0.15) is 0 Å². The maximum Gasteiger partial charge on any atom is 0.307 e. The molecule has 0 unspecified atom stereocenters. The van der Waals surface area contributed by atoms with Crippen LogP contribution in [-0.2, 0) is 9.59 Å². The van der Waals surface area contributed by atoms with Crippen LogP contribution in [0.3, 0.4) is 0 Å². The Morgan fingerprint density at radius 1 is 1.29 bits per heavy atom. The topological polar surface area (TPSA) is 79.3 Å². The van der Waals surface area contributed by atoms with Crippen molar-refractivity contribution in [2.24, 2.45) is 23.7 Å². The van der Waals surface area contributed by atoms with Gasteiger partial charge in [0.1, 0.15) is 0 Å². The number of hydrogen-bond acceptors (Lipinski definition) is 4. The van der Waals surface area contributed by atoms with Gasteiger partial charge in [-0.15, -0.1) is 11.3 Å². The number of carbonyl (C=O) groups is 2. The number of hydrogen-bond donors (Lipinski definition) is 2. The molecule has 0 radical (unpaired) electrons. The Bertz CT molecular complexity index is 604. The number of carboxylic acid groups (broad SMARTS) is 1. The highest BCUT2D eigenvalue weighted by molar-refractivity contribution is 7.13. The van der Waals surface area contributed by atoms with Crippen molar-refractivity contribution in [1.29, 1.82) is 0 Å². The van der Waals surface area contributed by atoms with Crippen molar-refractivity contribution < 1.29 is 14.7 Å². The maximum absolute atomic E-state index is 12.6. The monoisotopic (exact) mass is 306 g/mol. The van der Waals surface area contributed by atoms with E-state index in [4.69, 9.17) is 0 Å². The molecule has 1 aromatic heterocycles. The first-order valence-electron chi connectivity index (χ1n) is 7.11. The van der Waals surface area contributed by atoms with E-state index in [-0.39, 0.29) is 17.7 Å². The van der Waals surface area contributed by atoms with Gasteiger partial charge in [0.05, 0.1) is 11.8 Å². The molecule has 3 rings (SSSR count). The van der Waals surface area contributed by atoms with Crippen LogP contribution in [-0.4, -0.2) is 22.0 Å². The normalized spacial score (nSPS) is 30.5. The molecule has 2 aliphatic carbocycles. The third-order valence-electron chi connectivity index (χ3n) is 4.67. The standard InChI is InChI=1S/C15H18N2O3S/c1-7(2)10-8-3-4-9(10)12(14(19)20)11(8)13(18)17-15-16-5-6-21-15/h5-6,8-9,11-12H,3-4H2,1-2H3,(H,19,20)(H,16,17,18)/t8-,9+,11+,12-/m0/s1. The summed E-state index contributed by atoms with van der Waals surface area (Å²) in [6.07, 6.45) is 3.41. The van der Waals surface area contributed by atoms with E-state index in [9.17, 15) is 14.7 Å². The predicted molar refractivity (Wildman–Crippen MR) is 79.9 cm³/mol. The Balaban J connectivity index is 1.91. The third-order valence-corrected chi connectivity index (χ3v) is 5.36. The van der Waals surface area contributed by atoms with Crippen LogP contribution in [0.4, 0.5) is 5.13 Å². The second-order valence-corrected chi connectivity index (χ2v) is 6.86. The first-order valence-corrected chi connectivity index (χ1v) is 7.99. The fraction of sp³-hybridized carbons (Fsp3) is 0.533. The highest BCUT2D eigenvalue weighted by atomic mass is 32.1. The molecular weight excluding hydrogens is 288 g/mol. The molecule has 1 amide bonds. The number of carboxylic acids is 1. The lowest BCUT2D eigenvalue weighted by molar-refractivity contribution is -0.148. The zero-order chi connectivity index (χ0) is 15.1. The average Bonchev–Trinajstić information content (AvgIpc) is 3.11. The number of fused-ring (bicyclic) bond motifs is 2. The molecule has 6 heteroatoms. The van der Waals surface area contributed by atoms with Crippen LogP contribution in [0.25, 0.3) is 0 Å². The van der Waals surface area contributed by atoms with E-state index in [0.29, 0.717) is 5.13 Å². The smallest absolute Gasteiger partial charge is 0.307 e. The molecule has 1 heterocycles. The lowest BCUT2D eigenvalue weighted by Gasteiger charge is -2.25. The largest absolute Gasteiger partial charge is 0.481 e. The van der Waals surface area contributed by atoms with Crippen molar-refractivity contribution >= 4 is 28.3 Å². The highest BCUT2D eigenvalue weighted by Gasteiger charge is 2.57. The molecule has 112 valence electrons. The zero-order valence-corrected chi connectivity index (χ0v) is 12.8. The minimum Gasteiger partial charge on any atom is -0.481 e. The summed E-state index contributed by atoms with van der Waals surface area (Å²) in [5.41, 5.74) is 2.36. The Hall–Kier alpha value is -1.69. The number of nitrogens with one attached hydrogen (secondary N) is 1. The van der Waals surface area contributed by atoms with Crippen LogP contribution < -0.4 is 5.32 Å². The number of nitrogens with zero attached hydrogens (tertiary/aromatic N) is 1. The van der Waals surface area contributed by atoms with Gasteiger partial charge in [0, 0.05) is 11.6 Å². The van der Waals surface area contributed by atoms with E-state index < -0.39 is 17.8 Å². The summed E-state index contributed by atoms with van der Waals surface area (Å²) in [5.74, 6) is -2.06. The summed E-state index contributed by atoms with van der Waals surface area (Å²) in [5, 5.41) is 14.7. The van der Waals surface area contributed by atoms with Crippen molar-refractivity contribution in [1.82, 2.24) is 4.98 Å². The van der Waals surface area contributed by atoms with E-state index in [2.05, 4.69) is 10.3 Å². The van der Waals surface area contributed by atoms with Crippen molar-refractivity contribution in [2.75, 3.05) is 5.32 Å². The van der Waals surface area contributed by atoms with Gasteiger partial charge >= 0.3 is 5.97 Å². The summed E-state index contributed by atoms with van der Waals surface area (Å²) in [6.45, 7) is 4.03. The number of aromatic nitrogens is 1. The van der Waals surface area contributed by atoms with Crippen LogP contribution in [0, 0.1) is 23.7 Å². The summed E-state index contributed by atoms with van der Waals surface area (Å²) >= 11 is 1.34. The van der Waals surface area contributed by atoms with Gasteiger partial charge in [-0.25, -0.2) is 4.98 Å². The summed E-state index contributed by atoms with van der Waals surface area (Å²) in [6, 6.07) is 0. The number of rotatable bonds is 3. The first kappa shape index (κ1) is 14.3. The second kappa shape index (κ2) is 5.26. The van der Waals surface area contributed by atoms with E-state index in [1.54, 1.807) is 11.6 Å². The number of carbonyl (C=O) groups excluding carboxylic acids is 1. The van der Waals surface area contributed by atoms with Gasteiger partial charge in [-0.05, 0) is 38.5 Å². The molecule has 0 spiro atoms. The quantitative estimate of drug-likeness (QED) is 0.842. The van der Waals surface area contributed by atoms with Crippen molar-refractivity contribution in [3.8, 4) is 0 Å². The Morgan fingerprint density at radius 2 is 1.95 bits per heavy atom. The molecule has 2 fully saturated rings. The lowest BCUT2D eigenvalue weighted by Crippen LogP contribution is -2.37. The molecule has 0 aliphatic heterocycles. The molecule has 21 heavy (non-hydrogen) atoms. The Kier molecular flexibility index (Phi) is 3.57. The number of thiazole rings is 1. The van der Waals surface area contributed by atoms with E-state index in [1.807, 2.05) is 13.8 Å². The van der Waals surface area contributed by atoms with Crippen LogP contribution in [0.15, 0.2) is 22.7 Å². The van der Waals surface area contributed by atoms with Crippen LogP contribution in [0.1, 0.15) is 26.7 Å². The predicted octanol–water partition coefficient (Wildman–Crippen LogP) is 2.77. The van der Waals surface area contributed by atoms with Gasteiger partial charge in [0.15, 0.2) is 5.13 Å². The van der Waals surface area contributed by atoms with Gasteiger partial charge in [0.25, 0.3) is 0 Å². The highest BCUT2D eigenvalue weighted by Crippen LogP contribution is 2.57. The van der Waals surface area contributed by atoms with Crippen LogP contribution in [0.5, 0.6) is 0 Å². The third kappa shape index (κ3) is 2.27. The minimum atomic E-state index is -0.861. The van der Waals surface area contributed by atoms with E-state index in [0.717, 1.165) is 12.8 Å². The summed E-state index contributed by atoms with van der Waals surface area (Å²) in [7, 11) is 0. The summed E-state index contributed by atoms with van der Waals surface area (Å²) < 4.78 is 0. The van der Waals surface area contributed by atoms with Crippen molar-refractivity contribution in [3.05, 3.63) is 22.7 Å². The SMILES string of the molecule is CC(C)=C1[C@H]2CC[C@@H]1[C@@H](C(=O)Nc1nccs1)[C@H]2C(=O)O. The van der Waals surface area contributed by atoms with E-state index >= 15 is 0 Å². The second-order valence-electron chi connectivity index (χ2n) is 5.96. The first-order chi connectivity index (χ1) is 10.0. The number of amides is 1. The number of allylic oxidation sites excluding steroid dienone is 2. The van der Waals surface area contributed by atoms with Gasteiger partial charge < -0.3 is 10.4 Å². The van der Waals surface area contributed by atoms with Crippen LogP contribution >= 0.6 is 11.3 Å². The molecule has 4 atom stereocenters. The number of aliphatic carboxylic acids is 1. The lowest BCUT2D eigenvalue weighted by atomic mass is 9.79. The molecule has 2 bridgehead atoms. The molecule has 0 saturated heterocycles. The molecule has 5 nitrogen and oxygen atoms in total. The fourth-order valence-electron chi connectivity index (χ4n) is 4.08. The molecule has 1 aromatic rings. The van der Waals surface area contributed by atoms with Crippen molar-refractivity contribution in [2.45, 2.75) is 26.7 Å². The van der Waals surface area contributed by atoms with E-state index in [1.165, 1.54) is 22.5 Å². The Morgan fingerprint density at radius 3 is 2.48 bits per heavy atom.